The van der Waals surface area contributed by atoms with Crippen LogP contribution in [0.5, 0.6) is 0 Å². The summed E-state index contributed by atoms with van der Waals surface area (Å²) >= 11 is 0. The first-order valence-electron chi connectivity index (χ1n) is 6.09. The number of carbonyl (C=O) groups excluding carboxylic acids is 1. The number of rotatable bonds is 6. The van der Waals surface area contributed by atoms with E-state index in [0.29, 0.717) is 31.0 Å². The molecular weight excluding hydrogens is 258 g/mol. The van der Waals surface area contributed by atoms with Crippen molar-refractivity contribution >= 4 is 5.91 Å². The molecule has 0 spiro atoms. The first kappa shape index (κ1) is 13.8. The number of nitriles is 1. The van der Waals surface area contributed by atoms with E-state index in [2.05, 4.69) is 15.3 Å². The van der Waals surface area contributed by atoms with E-state index in [9.17, 15) is 4.79 Å². The number of nitrogens with zero attached hydrogens (tertiary/aromatic N) is 3. The molecular formula is C13H15N5O2. The minimum absolute atomic E-state index is 0.258. The third-order valence-electron chi connectivity index (χ3n) is 2.82. The molecule has 0 aliphatic carbocycles. The normalized spacial score (nSPS) is 10.2. The molecule has 0 aliphatic heterocycles. The lowest BCUT2D eigenvalue weighted by Crippen LogP contribution is -2.24. The fraction of sp³-hybridized carbons (Fsp3) is 0.308. The van der Waals surface area contributed by atoms with Crippen molar-refractivity contribution in [2.75, 3.05) is 13.7 Å². The molecule has 7 nitrogen and oxygen atoms in total. The molecule has 0 fully saturated rings. The number of H-pyrrole nitrogens is 1. The van der Waals surface area contributed by atoms with E-state index in [1.807, 2.05) is 10.6 Å². The molecule has 7 heteroatoms. The monoisotopic (exact) mass is 273 g/mol. The van der Waals surface area contributed by atoms with Gasteiger partial charge in [0.05, 0.1) is 30.7 Å². The molecule has 0 radical (unpaired) electrons. The van der Waals surface area contributed by atoms with Crippen LogP contribution in [0.1, 0.15) is 21.7 Å². The van der Waals surface area contributed by atoms with Gasteiger partial charge in [0.25, 0.3) is 5.91 Å². The number of methoxy groups -OCH3 is 1. The standard InChI is InChI=1S/C13H15N5O2/c1-20-3-2-18-9-15-7-11(18)8-17-13(19)12-4-10(5-14)6-16-12/h4,6-7,9,16H,2-3,8H2,1H3,(H,17,19). The molecule has 0 unspecified atom stereocenters. The minimum atomic E-state index is -0.258. The topological polar surface area (TPSA) is 95.7 Å². The second-order valence-electron chi connectivity index (χ2n) is 4.17. The van der Waals surface area contributed by atoms with Gasteiger partial charge in [-0.3, -0.25) is 4.79 Å². The number of imidazole rings is 1. The van der Waals surface area contributed by atoms with Crippen molar-refractivity contribution in [1.82, 2.24) is 19.9 Å². The number of aromatic nitrogens is 3. The van der Waals surface area contributed by atoms with Gasteiger partial charge >= 0.3 is 0 Å². The first-order valence-corrected chi connectivity index (χ1v) is 6.09. The zero-order valence-corrected chi connectivity index (χ0v) is 11.1. The Bertz CT molecular complexity index is 623. The van der Waals surface area contributed by atoms with Crippen molar-refractivity contribution in [2.24, 2.45) is 0 Å². The predicted molar refractivity (Wildman–Crippen MR) is 70.8 cm³/mol. The van der Waals surface area contributed by atoms with Gasteiger partial charge in [-0.15, -0.1) is 0 Å². The lowest BCUT2D eigenvalue weighted by atomic mass is 10.3. The fourth-order valence-corrected chi connectivity index (χ4v) is 1.74. The van der Waals surface area contributed by atoms with Crippen LogP contribution in [0, 0.1) is 11.3 Å². The zero-order chi connectivity index (χ0) is 14.4. The van der Waals surface area contributed by atoms with Crippen LogP contribution in [-0.2, 0) is 17.8 Å². The zero-order valence-electron chi connectivity index (χ0n) is 11.1. The molecule has 0 atom stereocenters. The molecule has 0 aromatic carbocycles. The molecule has 2 aromatic rings. The largest absolute Gasteiger partial charge is 0.383 e. The fourth-order valence-electron chi connectivity index (χ4n) is 1.74. The Balaban J connectivity index is 1.93. The minimum Gasteiger partial charge on any atom is -0.383 e. The quantitative estimate of drug-likeness (QED) is 0.808. The molecule has 20 heavy (non-hydrogen) atoms. The van der Waals surface area contributed by atoms with E-state index >= 15 is 0 Å². The molecule has 0 bridgehead atoms. The average molecular weight is 273 g/mol. The van der Waals surface area contributed by atoms with E-state index in [0.717, 1.165) is 5.69 Å². The second kappa shape index (κ2) is 6.54. The van der Waals surface area contributed by atoms with Crippen molar-refractivity contribution in [1.29, 1.82) is 5.26 Å². The third-order valence-corrected chi connectivity index (χ3v) is 2.82. The van der Waals surface area contributed by atoms with Crippen LogP contribution in [-0.4, -0.2) is 34.2 Å². The van der Waals surface area contributed by atoms with Gasteiger partial charge in [-0.1, -0.05) is 0 Å². The summed E-state index contributed by atoms with van der Waals surface area (Å²) in [4.78, 5) is 18.7. The van der Waals surface area contributed by atoms with Gasteiger partial charge in [0, 0.05) is 26.0 Å². The molecule has 2 N–H and O–H groups in total. The maximum absolute atomic E-state index is 11.9. The van der Waals surface area contributed by atoms with Crippen molar-refractivity contribution in [3.63, 3.8) is 0 Å². The van der Waals surface area contributed by atoms with Crippen LogP contribution >= 0.6 is 0 Å². The summed E-state index contributed by atoms with van der Waals surface area (Å²) in [5, 5.41) is 11.5. The Morgan fingerprint density at radius 3 is 3.20 bits per heavy atom. The Kier molecular flexibility index (Phi) is 4.52. The van der Waals surface area contributed by atoms with Crippen LogP contribution in [0.4, 0.5) is 0 Å². The SMILES string of the molecule is COCCn1cncc1CNC(=O)c1cc(C#N)c[nH]1. The lowest BCUT2D eigenvalue weighted by molar-refractivity contribution is 0.0945. The van der Waals surface area contributed by atoms with Gasteiger partial charge in [-0.2, -0.15) is 5.26 Å². The Labute approximate surface area is 116 Å². The third kappa shape index (κ3) is 3.24. The summed E-state index contributed by atoms with van der Waals surface area (Å²) in [6.07, 6.45) is 4.89. The van der Waals surface area contributed by atoms with E-state index in [-0.39, 0.29) is 5.91 Å². The maximum Gasteiger partial charge on any atom is 0.268 e. The van der Waals surface area contributed by atoms with E-state index in [1.165, 1.54) is 12.3 Å². The van der Waals surface area contributed by atoms with Crippen LogP contribution < -0.4 is 5.32 Å². The van der Waals surface area contributed by atoms with Gasteiger partial charge in [0.2, 0.25) is 0 Å². The second-order valence-corrected chi connectivity index (χ2v) is 4.17. The summed E-state index contributed by atoms with van der Waals surface area (Å²) in [5.74, 6) is -0.258. The maximum atomic E-state index is 11.9. The highest BCUT2D eigenvalue weighted by atomic mass is 16.5. The Morgan fingerprint density at radius 1 is 1.65 bits per heavy atom. The first-order chi connectivity index (χ1) is 9.74. The van der Waals surface area contributed by atoms with Gasteiger partial charge in [0.1, 0.15) is 11.8 Å². The Morgan fingerprint density at radius 2 is 2.50 bits per heavy atom. The molecule has 0 saturated heterocycles. The van der Waals surface area contributed by atoms with Gasteiger partial charge in [-0.25, -0.2) is 4.98 Å². The number of aromatic amines is 1. The van der Waals surface area contributed by atoms with E-state index in [4.69, 9.17) is 10.00 Å². The van der Waals surface area contributed by atoms with Crippen molar-refractivity contribution in [2.45, 2.75) is 13.1 Å². The number of amides is 1. The van der Waals surface area contributed by atoms with Crippen LogP contribution in [0.2, 0.25) is 0 Å². The highest BCUT2D eigenvalue weighted by molar-refractivity contribution is 5.92. The molecule has 2 heterocycles. The summed E-state index contributed by atoms with van der Waals surface area (Å²) in [6, 6.07) is 3.48. The summed E-state index contributed by atoms with van der Waals surface area (Å²) < 4.78 is 6.92. The number of nitrogens with one attached hydrogen (secondary N) is 2. The van der Waals surface area contributed by atoms with Crippen molar-refractivity contribution in [3.05, 3.63) is 41.7 Å². The smallest absolute Gasteiger partial charge is 0.268 e. The van der Waals surface area contributed by atoms with Crippen molar-refractivity contribution in [3.8, 4) is 6.07 Å². The number of hydrogen-bond donors (Lipinski definition) is 2. The molecule has 1 amide bonds. The van der Waals surface area contributed by atoms with Crippen LogP contribution in [0.25, 0.3) is 0 Å². The van der Waals surface area contributed by atoms with Crippen molar-refractivity contribution < 1.29 is 9.53 Å². The van der Waals surface area contributed by atoms with Crippen LogP contribution in [0.15, 0.2) is 24.8 Å². The lowest BCUT2D eigenvalue weighted by Gasteiger charge is -2.08. The summed E-state index contributed by atoms with van der Waals surface area (Å²) in [5.41, 5.74) is 1.69. The van der Waals surface area contributed by atoms with Gasteiger partial charge in [0.15, 0.2) is 0 Å². The number of hydrogen-bond acceptors (Lipinski definition) is 4. The highest BCUT2D eigenvalue weighted by Gasteiger charge is 2.09. The molecule has 0 aliphatic rings. The molecule has 2 rings (SSSR count). The van der Waals surface area contributed by atoms with Gasteiger partial charge in [-0.05, 0) is 6.07 Å². The predicted octanol–water partition coefficient (Wildman–Crippen LogP) is 0.659. The van der Waals surface area contributed by atoms with Gasteiger partial charge < -0.3 is 19.6 Å². The highest BCUT2D eigenvalue weighted by Crippen LogP contribution is 2.03. The van der Waals surface area contributed by atoms with E-state index < -0.39 is 0 Å². The number of ether oxygens (including phenoxy) is 1. The molecule has 2 aromatic heterocycles. The summed E-state index contributed by atoms with van der Waals surface area (Å²) in [7, 11) is 1.64. The number of carbonyl (C=O) groups is 1. The van der Waals surface area contributed by atoms with E-state index in [1.54, 1.807) is 19.6 Å². The Hall–Kier alpha value is -2.59. The average Bonchev–Trinajstić information content (AvgIpc) is 3.11. The van der Waals surface area contributed by atoms with Crippen LogP contribution in [0.3, 0.4) is 0 Å². The summed E-state index contributed by atoms with van der Waals surface area (Å²) in [6.45, 7) is 1.63. The molecule has 0 saturated carbocycles. The molecule has 104 valence electrons.